The number of nitrogens with one attached hydrogen (secondary N) is 1. The van der Waals surface area contributed by atoms with Crippen LogP contribution in [0.4, 0.5) is 0 Å². The Morgan fingerprint density at radius 3 is 2.46 bits per heavy atom. The molecule has 0 saturated heterocycles. The predicted molar refractivity (Wildman–Crippen MR) is 110 cm³/mol. The van der Waals surface area contributed by atoms with Crippen LogP contribution in [-0.2, 0) is 14.8 Å². The molecule has 0 aliphatic heterocycles. The molecule has 0 unspecified atom stereocenters. The van der Waals surface area contributed by atoms with E-state index in [-0.39, 0.29) is 25.8 Å². The summed E-state index contributed by atoms with van der Waals surface area (Å²) in [6, 6.07) is 11.8. The van der Waals surface area contributed by atoms with Crippen molar-refractivity contribution in [2.45, 2.75) is 5.03 Å². The zero-order valence-corrected chi connectivity index (χ0v) is 17.8. The molecule has 0 aliphatic carbocycles. The smallest absolute Gasteiger partial charge is 0.282 e. The van der Waals surface area contributed by atoms with Crippen LogP contribution in [0.3, 0.4) is 0 Å². The summed E-state index contributed by atoms with van der Waals surface area (Å²) in [7, 11) is -4.14. The third-order valence-corrected chi connectivity index (χ3v) is 6.68. The van der Waals surface area contributed by atoms with Gasteiger partial charge in [0, 0.05) is 17.0 Å². The van der Waals surface area contributed by atoms with Crippen LogP contribution in [0.15, 0.2) is 52.9 Å². The molecule has 11 heteroatoms. The SMILES string of the molecule is O=C(COc1cc(Cl)c(Cl)cc1Cl)NS(=O)(=O)c1csc(-c2ccccc2)n1. The minimum Gasteiger partial charge on any atom is -0.482 e. The second-order valence-corrected chi connectivity index (χ2v) is 9.08. The van der Waals surface area contributed by atoms with Crippen LogP contribution in [0.25, 0.3) is 10.6 Å². The second-order valence-electron chi connectivity index (χ2n) is 5.37. The molecule has 0 radical (unpaired) electrons. The highest BCUT2D eigenvalue weighted by atomic mass is 35.5. The highest BCUT2D eigenvalue weighted by molar-refractivity contribution is 7.90. The molecule has 3 rings (SSSR count). The fourth-order valence-electron chi connectivity index (χ4n) is 2.09. The van der Waals surface area contributed by atoms with Crippen molar-refractivity contribution < 1.29 is 17.9 Å². The molecule has 3 aromatic rings. The van der Waals surface area contributed by atoms with Gasteiger partial charge in [0.25, 0.3) is 15.9 Å². The lowest BCUT2D eigenvalue weighted by Crippen LogP contribution is -2.34. The van der Waals surface area contributed by atoms with E-state index in [1.54, 1.807) is 0 Å². The van der Waals surface area contributed by atoms with Gasteiger partial charge >= 0.3 is 0 Å². The standard InChI is InChI=1S/C17H11Cl3N2O4S2/c18-11-6-13(20)14(7-12(11)19)26-8-15(23)22-28(24,25)16-9-27-17(21-16)10-4-2-1-3-5-10/h1-7,9H,8H2,(H,22,23). The van der Waals surface area contributed by atoms with Gasteiger partial charge in [-0.3, -0.25) is 4.79 Å². The van der Waals surface area contributed by atoms with E-state index < -0.39 is 22.5 Å². The van der Waals surface area contributed by atoms with Crippen LogP contribution in [-0.4, -0.2) is 25.9 Å². The number of nitrogens with zero attached hydrogens (tertiary/aromatic N) is 1. The lowest BCUT2D eigenvalue weighted by atomic mass is 10.2. The van der Waals surface area contributed by atoms with Gasteiger partial charge in [0.2, 0.25) is 0 Å². The van der Waals surface area contributed by atoms with E-state index in [2.05, 4.69) is 4.98 Å². The van der Waals surface area contributed by atoms with E-state index in [1.807, 2.05) is 35.1 Å². The molecule has 1 aromatic heterocycles. The number of halogens is 3. The normalized spacial score (nSPS) is 11.2. The van der Waals surface area contributed by atoms with E-state index in [1.165, 1.54) is 17.5 Å². The first-order valence-corrected chi connectivity index (χ1v) is 11.1. The number of carbonyl (C=O) groups is 1. The molecule has 146 valence electrons. The second kappa shape index (κ2) is 8.67. The molecule has 0 spiro atoms. The van der Waals surface area contributed by atoms with Gasteiger partial charge in [-0.15, -0.1) is 11.3 Å². The van der Waals surface area contributed by atoms with Crippen LogP contribution < -0.4 is 9.46 Å². The van der Waals surface area contributed by atoms with Crippen molar-refractivity contribution in [2.75, 3.05) is 6.61 Å². The van der Waals surface area contributed by atoms with Crippen molar-refractivity contribution in [3.63, 3.8) is 0 Å². The number of hydrogen-bond acceptors (Lipinski definition) is 6. The van der Waals surface area contributed by atoms with Crippen LogP contribution in [0.2, 0.25) is 15.1 Å². The maximum Gasteiger partial charge on any atom is 0.282 e. The average Bonchev–Trinajstić information content (AvgIpc) is 3.15. The number of aromatic nitrogens is 1. The molecule has 0 saturated carbocycles. The number of hydrogen-bond donors (Lipinski definition) is 1. The Kier molecular flexibility index (Phi) is 6.47. The van der Waals surface area contributed by atoms with Gasteiger partial charge in [-0.25, -0.2) is 9.71 Å². The van der Waals surface area contributed by atoms with Crippen LogP contribution in [0.5, 0.6) is 5.75 Å². The summed E-state index contributed by atoms with van der Waals surface area (Å²) in [5.74, 6) is -0.792. The summed E-state index contributed by atoms with van der Waals surface area (Å²) < 4.78 is 31.8. The molecular weight excluding hydrogens is 467 g/mol. The van der Waals surface area contributed by atoms with E-state index in [0.29, 0.717) is 5.01 Å². The zero-order valence-electron chi connectivity index (χ0n) is 13.9. The molecule has 0 aliphatic rings. The maximum atomic E-state index is 12.4. The molecule has 1 amide bonds. The molecule has 0 atom stereocenters. The molecule has 1 N–H and O–H groups in total. The van der Waals surface area contributed by atoms with Crippen molar-refractivity contribution in [2.24, 2.45) is 0 Å². The maximum absolute atomic E-state index is 12.4. The topological polar surface area (TPSA) is 85.4 Å². The highest BCUT2D eigenvalue weighted by Gasteiger charge is 2.22. The quantitative estimate of drug-likeness (QED) is 0.522. The van der Waals surface area contributed by atoms with Crippen LogP contribution >= 0.6 is 46.1 Å². The van der Waals surface area contributed by atoms with Crippen molar-refractivity contribution >= 4 is 62.1 Å². The molecule has 1 heterocycles. The number of rotatable bonds is 6. The lowest BCUT2D eigenvalue weighted by Gasteiger charge is -2.09. The van der Waals surface area contributed by atoms with Crippen molar-refractivity contribution in [1.82, 2.24) is 9.71 Å². The van der Waals surface area contributed by atoms with Crippen LogP contribution in [0, 0.1) is 0 Å². The summed E-state index contributed by atoms with van der Waals surface area (Å²) >= 11 is 18.8. The van der Waals surface area contributed by atoms with Gasteiger partial charge < -0.3 is 4.74 Å². The first-order valence-electron chi connectivity index (χ1n) is 7.60. The molecule has 2 aromatic carbocycles. The largest absolute Gasteiger partial charge is 0.482 e. The first-order chi connectivity index (χ1) is 13.3. The Labute approximate surface area is 180 Å². The number of carbonyl (C=O) groups excluding carboxylic acids is 1. The Morgan fingerprint density at radius 2 is 1.75 bits per heavy atom. The van der Waals surface area contributed by atoms with Gasteiger partial charge in [0.05, 0.1) is 15.1 Å². The van der Waals surface area contributed by atoms with Gasteiger partial charge in [-0.2, -0.15) is 8.42 Å². The third kappa shape index (κ3) is 4.95. The molecular formula is C17H11Cl3N2O4S2. The molecule has 6 nitrogen and oxygen atoms in total. The van der Waals surface area contributed by atoms with Crippen molar-refractivity contribution in [1.29, 1.82) is 0 Å². The van der Waals surface area contributed by atoms with E-state index in [0.717, 1.165) is 16.9 Å². The van der Waals surface area contributed by atoms with Crippen molar-refractivity contribution in [3.05, 3.63) is 62.9 Å². The minimum atomic E-state index is -4.14. The number of benzene rings is 2. The Bertz CT molecular complexity index is 1120. The molecule has 0 bridgehead atoms. The zero-order chi connectivity index (χ0) is 20.3. The number of thiazole rings is 1. The summed E-state index contributed by atoms with van der Waals surface area (Å²) in [5, 5.41) is 2.17. The van der Waals surface area contributed by atoms with E-state index >= 15 is 0 Å². The lowest BCUT2D eigenvalue weighted by molar-refractivity contribution is -0.121. The Morgan fingerprint density at radius 1 is 1.07 bits per heavy atom. The Balaban J connectivity index is 1.67. The summed E-state index contributed by atoms with van der Waals surface area (Å²) in [4.78, 5) is 16.1. The van der Waals surface area contributed by atoms with Gasteiger partial charge in [0.1, 0.15) is 10.8 Å². The highest BCUT2D eigenvalue weighted by Crippen LogP contribution is 2.33. The predicted octanol–water partition coefficient (Wildman–Crippen LogP) is 4.65. The van der Waals surface area contributed by atoms with Gasteiger partial charge in [-0.05, 0) is 6.07 Å². The summed E-state index contributed by atoms with van der Waals surface area (Å²) in [6.07, 6.45) is 0. The van der Waals surface area contributed by atoms with Gasteiger partial charge in [0.15, 0.2) is 11.6 Å². The van der Waals surface area contributed by atoms with E-state index in [4.69, 9.17) is 39.5 Å². The summed E-state index contributed by atoms with van der Waals surface area (Å²) in [6.45, 7) is -0.591. The minimum absolute atomic E-state index is 0.101. The summed E-state index contributed by atoms with van der Waals surface area (Å²) in [5.41, 5.74) is 0.776. The van der Waals surface area contributed by atoms with Crippen LogP contribution in [0.1, 0.15) is 0 Å². The number of ether oxygens (including phenoxy) is 1. The number of sulfonamides is 1. The fourth-order valence-corrected chi connectivity index (χ4v) is 4.75. The molecule has 0 fully saturated rings. The van der Waals surface area contributed by atoms with Crippen molar-refractivity contribution in [3.8, 4) is 16.3 Å². The Hall–Kier alpha value is -1.84. The average molecular weight is 478 g/mol. The van der Waals surface area contributed by atoms with Gasteiger partial charge in [-0.1, -0.05) is 65.1 Å². The number of amides is 1. The fraction of sp³-hybridized carbons (Fsp3) is 0.0588. The van der Waals surface area contributed by atoms with E-state index in [9.17, 15) is 13.2 Å². The third-order valence-electron chi connectivity index (χ3n) is 3.36. The first kappa shape index (κ1) is 20.9. The monoisotopic (exact) mass is 476 g/mol. The molecule has 28 heavy (non-hydrogen) atoms.